The molecule has 2 fully saturated rings. The smallest absolute Gasteiger partial charge is 0.255 e. The third-order valence-electron chi connectivity index (χ3n) is 6.48. The lowest BCUT2D eigenvalue weighted by Gasteiger charge is -2.41. The zero-order valence-corrected chi connectivity index (χ0v) is 16.1. The summed E-state index contributed by atoms with van der Waals surface area (Å²) in [6, 6.07) is 12.2. The largest absolute Gasteiger partial charge is 0.338 e. The summed E-state index contributed by atoms with van der Waals surface area (Å²) in [4.78, 5) is 19.7. The molecule has 2 aromatic heterocycles. The summed E-state index contributed by atoms with van der Waals surface area (Å²) in [6.07, 6.45) is 10.00. The third kappa shape index (κ3) is 3.30. The van der Waals surface area contributed by atoms with E-state index in [1.807, 2.05) is 40.0 Å². The van der Waals surface area contributed by atoms with Crippen molar-refractivity contribution in [2.45, 2.75) is 38.6 Å². The number of hydrogen-bond donors (Lipinski definition) is 0. The van der Waals surface area contributed by atoms with Gasteiger partial charge in [-0.2, -0.15) is 5.10 Å². The van der Waals surface area contributed by atoms with Crippen molar-refractivity contribution in [1.29, 1.82) is 0 Å². The third-order valence-corrected chi connectivity index (χ3v) is 6.48. The van der Waals surface area contributed by atoms with E-state index < -0.39 is 0 Å². The molecule has 2 aliphatic rings. The molecule has 28 heavy (non-hydrogen) atoms. The fraction of sp³-hybridized carbons (Fsp3) is 0.435. The molecular formula is C23H26N4O. The van der Waals surface area contributed by atoms with Gasteiger partial charge in [-0.25, -0.2) is 9.67 Å². The van der Waals surface area contributed by atoms with Gasteiger partial charge in [-0.15, -0.1) is 0 Å². The second-order valence-electron chi connectivity index (χ2n) is 8.27. The van der Waals surface area contributed by atoms with Gasteiger partial charge in [-0.1, -0.05) is 49.6 Å². The van der Waals surface area contributed by atoms with Gasteiger partial charge in [0.05, 0.1) is 18.3 Å². The number of amides is 1. The van der Waals surface area contributed by atoms with Gasteiger partial charge in [0.2, 0.25) is 0 Å². The van der Waals surface area contributed by atoms with Crippen LogP contribution in [0.5, 0.6) is 0 Å². The minimum atomic E-state index is 0.120. The van der Waals surface area contributed by atoms with E-state index in [9.17, 15) is 4.79 Å². The standard InChI is InChI=1S/C23H26N4O/c28-23(26-11-10-18-8-4-5-9-19(18)16-26)21-12-20-14-25-27(22(20)24-13-21)15-17-6-2-1-3-7-17/h1-3,6-7,12-14,18-19H,4-5,8-11,15-16H2. The van der Waals surface area contributed by atoms with E-state index in [1.54, 1.807) is 6.20 Å². The molecule has 1 amide bonds. The summed E-state index contributed by atoms with van der Waals surface area (Å²) >= 11 is 0. The summed E-state index contributed by atoms with van der Waals surface area (Å²) in [5.41, 5.74) is 2.69. The lowest BCUT2D eigenvalue weighted by atomic mass is 9.75. The zero-order valence-electron chi connectivity index (χ0n) is 16.1. The van der Waals surface area contributed by atoms with Gasteiger partial charge in [0.1, 0.15) is 0 Å². The Bertz CT molecular complexity index is 981. The first-order valence-corrected chi connectivity index (χ1v) is 10.4. The van der Waals surface area contributed by atoms with Crippen molar-refractivity contribution in [3.05, 3.63) is 59.9 Å². The number of carbonyl (C=O) groups excluding carboxylic acids is 1. The molecule has 5 nitrogen and oxygen atoms in total. The number of rotatable bonds is 3. The van der Waals surface area contributed by atoms with Crippen molar-refractivity contribution < 1.29 is 4.79 Å². The average Bonchev–Trinajstić information content (AvgIpc) is 3.15. The van der Waals surface area contributed by atoms with Crippen LogP contribution in [-0.2, 0) is 6.54 Å². The van der Waals surface area contributed by atoms with Crippen molar-refractivity contribution in [3.8, 4) is 0 Å². The van der Waals surface area contributed by atoms with E-state index in [4.69, 9.17) is 0 Å². The molecule has 0 spiro atoms. The lowest BCUT2D eigenvalue weighted by molar-refractivity contribution is 0.0520. The van der Waals surface area contributed by atoms with Crippen molar-refractivity contribution in [1.82, 2.24) is 19.7 Å². The van der Waals surface area contributed by atoms with E-state index in [0.29, 0.717) is 18.0 Å². The monoisotopic (exact) mass is 374 g/mol. The van der Waals surface area contributed by atoms with Crippen LogP contribution in [0.2, 0.25) is 0 Å². The Morgan fingerprint density at radius 3 is 2.71 bits per heavy atom. The highest BCUT2D eigenvalue weighted by molar-refractivity contribution is 5.96. The molecule has 5 heteroatoms. The zero-order chi connectivity index (χ0) is 18.9. The number of carbonyl (C=O) groups is 1. The van der Waals surface area contributed by atoms with Gasteiger partial charge in [-0.05, 0) is 36.3 Å². The number of hydrogen-bond acceptors (Lipinski definition) is 3. The number of pyridine rings is 1. The fourth-order valence-corrected chi connectivity index (χ4v) is 4.93. The number of fused-ring (bicyclic) bond motifs is 2. The maximum Gasteiger partial charge on any atom is 0.255 e. The normalized spacial score (nSPS) is 22.2. The summed E-state index contributed by atoms with van der Waals surface area (Å²) in [7, 11) is 0. The van der Waals surface area contributed by atoms with Gasteiger partial charge in [0.25, 0.3) is 5.91 Å². The highest BCUT2D eigenvalue weighted by Crippen LogP contribution is 2.36. The van der Waals surface area contributed by atoms with Crippen LogP contribution in [0, 0.1) is 11.8 Å². The summed E-state index contributed by atoms with van der Waals surface area (Å²) in [5.74, 6) is 1.64. The minimum Gasteiger partial charge on any atom is -0.338 e. The molecule has 5 rings (SSSR count). The van der Waals surface area contributed by atoms with E-state index in [1.165, 1.54) is 31.2 Å². The van der Waals surface area contributed by atoms with Crippen LogP contribution in [0.4, 0.5) is 0 Å². The number of benzene rings is 1. The second kappa shape index (κ2) is 7.38. The first-order chi connectivity index (χ1) is 13.8. The van der Waals surface area contributed by atoms with Crippen molar-refractivity contribution in [2.24, 2.45) is 11.8 Å². The quantitative estimate of drug-likeness (QED) is 0.693. The number of likely N-dealkylation sites (tertiary alicyclic amines) is 1. The maximum absolute atomic E-state index is 13.1. The Labute approximate surface area is 165 Å². The molecule has 0 bridgehead atoms. The van der Waals surface area contributed by atoms with Crippen molar-refractivity contribution in [3.63, 3.8) is 0 Å². The molecule has 0 radical (unpaired) electrons. The topological polar surface area (TPSA) is 51.0 Å². The summed E-state index contributed by atoms with van der Waals surface area (Å²) in [6.45, 7) is 2.47. The molecule has 3 heterocycles. The van der Waals surface area contributed by atoms with Crippen LogP contribution in [0.1, 0.15) is 48.0 Å². The Kier molecular flexibility index (Phi) is 4.59. The molecule has 0 N–H and O–H groups in total. The van der Waals surface area contributed by atoms with Crippen molar-refractivity contribution in [2.75, 3.05) is 13.1 Å². The van der Waals surface area contributed by atoms with Gasteiger partial charge in [0.15, 0.2) is 5.65 Å². The molecule has 1 saturated carbocycles. The first-order valence-electron chi connectivity index (χ1n) is 10.4. The van der Waals surface area contributed by atoms with E-state index in [2.05, 4.69) is 22.2 Å². The van der Waals surface area contributed by atoms with E-state index in [-0.39, 0.29) is 5.91 Å². The highest BCUT2D eigenvalue weighted by Gasteiger charge is 2.33. The molecule has 144 valence electrons. The maximum atomic E-state index is 13.1. The highest BCUT2D eigenvalue weighted by atomic mass is 16.2. The Hall–Kier alpha value is -2.69. The molecule has 2 atom stereocenters. The minimum absolute atomic E-state index is 0.120. The second-order valence-corrected chi connectivity index (χ2v) is 8.27. The predicted octanol–water partition coefficient (Wildman–Crippen LogP) is 4.13. The van der Waals surface area contributed by atoms with E-state index in [0.717, 1.165) is 36.5 Å². The van der Waals surface area contributed by atoms with Gasteiger partial charge < -0.3 is 4.90 Å². The number of piperidine rings is 1. The van der Waals surface area contributed by atoms with Crippen LogP contribution in [0.15, 0.2) is 48.8 Å². The summed E-state index contributed by atoms with van der Waals surface area (Å²) in [5, 5.41) is 5.41. The molecule has 3 aromatic rings. The predicted molar refractivity (Wildman–Crippen MR) is 109 cm³/mol. The molecule has 1 saturated heterocycles. The molecule has 1 aliphatic heterocycles. The number of aromatic nitrogens is 3. The first kappa shape index (κ1) is 17.4. The Morgan fingerprint density at radius 2 is 1.86 bits per heavy atom. The fourth-order valence-electron chi connectivity index (χ4n) is 4.93. The Morgan fingerprint density at radius 1 is 1.04 bits per heavy atom. The SMILES string of the molecule is O=C(c1cnc2c(cnn2Cc2ccccc2)c1)N1CCC2CCCCC2C1. The van der Waals surface area contributed by atoms with Gasteiger partial charge in [-0.3, -0.25) is 4.79 Å². The van der Waals surface area contributed by atoms with Crippen LogP contribution < -0.4 is 0 Å². The van der Waals surface area contributed by atoms with Crippen LogP contribution in [0.3, 0.4) is 0 Å². The molecular weight excluding hydrogens is 348 g/mol. The molecule has 1 aliphatic carbocycles. The molecule has 2 unspecified atom stereocenters. The average molecular weight is 374 g/mol. The lowest BCUT2D eigenvalue weighted by Crippen LogP contribution is -2.44. The number of nitrogens with zero attached hydrogens (tertiary/aromatic N) is 4. The van der Waals surface area contributed by atoms with Gasteiger partial charge >= 0.3 is 0 Å². The van der Waals surface area contributed by atoms with Crippen molar-refractivity contribution >= 4 is 16.9 Å². The molecule has 1 aromatic carbocycles. The summed E-state index contributed by atoms with van der Waals surface area (Å²) < 4.78 is 1.90. The van der Waals surface area contributed by atoms with Crippen LogP contribution in [-0.4, -0.2) is 38.7 Å². The van der Waals surface area contributed by atoms with E-state index >= 15 is 0 Å². The Balaban J connectivity index is 1.34. The van der Waals surface area contributed by atoms with Crippen LogP contribution >= 0.6 is 0 Å². The van der Waals surface area contributed by atoms with Gasteiger partial charge in [0, 0.05) is 24.7 Å². The van der Waals surface area contributed by atoms with Crippen LogP contribution in [0.25, 0.3) is 11.0 Å².